The Morgan fingerprint density at radius 3 is 1.09 bits per heavy atom. The van der Waals surface area contributed by atoms with Crippen LogP contribution in [-0.4, -0.2) is 10.2 Å². The molecule has 164 valence electrons. The van der Waals surface area contributed by atoms with E-state index in [-0.39, 0.29) is 0 Å². The van der Waals surface area contributed by atoms with E-state index in [1.165, 1.54) is 0 Å². The molecule has 0 saturated carbocycles. The minimum atomic E-state index is -0.953. The van der Waals surface area contributed by atoms with Crippen molar-refractivity contribution in [3.8, 4) is 0 Å². The molecule has 0 amide bonds. The van der Waals surface area contributed by atoms with E-state index in [2.05, 4.69) is 31.9 Å². The molecule has 0 aliphatic carbocycles. The van der Waals surface area contributed by atoms with Crippen LogP contribution in [0.3, 0.4) is 0 Å². The Bertz CT molecular complexity index is 1050. The van der Waals surface area contributed by atoms with E-state index in [1.807, 2.05) is 123 Å². The molecular formula is C28H26Br2O2. The number of hydrogen-bond donors (Lipinski definition) is 2. The highest BCUT2D eigenvalue weighted by atomic mass is 79.9. The first kappa shape index (κ1) is 24.4. The highest BCUT2D eigenvalue weighted by Gasteiger charge is 2.26. The Hall–Kier alpha value is -2.24. The van der Waals surface area contributed by atoms with Gasteiger partial charge in [-0.2, -0.15) is 0 Å². The molecule has 0 fully saturated rings. The maximum Gasteiger partial charge on any atom is 0.112 e. The Balaban J connectivity index is 0.000000181. The van der Waals surface area contributed by atoms with E-state index >= 15 is 0 Å². The fraction of sp³-hybridized carbons (Fsp3) is 0.143. The van der Waals surface area contributed by atoms with Gasteiger partial charge in [0.1, 0.15) is 11.2 Å². The fourth-order valence-corrected chi connectivity index (χ4v) is 4.24. The normalized spacial score (nSPS) is 14.4. The van der Waals surface area contributed by atoms with Crippen molar-refractivity contribution in [2.24, 2.45) is 0 Å². The molecule has 0 bridgehead atoms. The Morgan fingerprint density at radius 2 is 0.781 bits per heavy atom. The summed E-state index contributed by atoms with van der Waals surface area (Å²) < 4.78 is 1.95. The van der Waals surface area contributed by atoms with Gasteiger partial charge in [0.05, 0.1) is 0 Å². The molecule has 0 aliphatic rings. The third-order valence-electron chi connectivity index (χ3n) is 5.45. The van der Waals surface area contributed by atoms with Crippen molar-refractivity contribution in [2.45, 2.75) is 25.0 Å². The van der Waals surface area contributed by atoms with Crippen LogP contribution in [0.25, 0.3) is 0 Å². The lowest BCUT2D eigenvalue weighted by Gasteiger charge is -2.24. The average Bonchev–Trinajstić information content (AvgIpc) is 2.81. The molecule has 4 aromatic carbocycles. The zero-order valence-corrected chi connectivity index (χ0v) is 21.2. The lowest BCUT2D eigenvalue weighted by molar-refractivity contribution is 0.102. The Labute approximate surface area is 206 Å². The van der Waals surface area contributed by atoms with E-state index in [0.717, 1.165) is 31.2 Å². The summed E-state index contributed by atoms with van der Waals surface area (Å²) in [5.74, 6) is 0. The van der Waals surface area contributed by atoms with Gasteiger partial charge in [0, 0.05) is 8.95 Å². The van der Waals surface area contributed by atoms with Crippen molar-refractivity contribution in [1.82, 2.24) is 0 Å². The van der Waals surface area contributed by atoms with Gasteiger partial charge in [0.25, 0.3) is 0 Å². The largest absolute Gasteiger partial charge is 0.381 e. The minimum absolute atomic E-state index is 0.882. The van der Waals surface area contributed by atoms with Crippen molar-refractivity contribution in [1.29, 1.82) is 0 Å². The first-order valence-corrected chi connectivity index (χ1v) is 11.9. The minimum Gasteiger partial charge on any atom is -0.381 e. The second-order valence-electron chi connectivity index (χ2n) is 7.90. The molecule has 0 heterocycles. The average molecular weight is 554 g/mol. The quantitative estimate of drug-likeness (QED) is 0.276. The lowest BCUT2D eigenvalue weighted by atomic mass is 9.88. The van der Waals surface area contributed by atoms with Gasteiger partial charge in [-0.25, -0.2) is 0 Å². The zero-order valence-electron chi connectivity index (χ0n) is 18.0. The Morgan fingerprint density at radius 1 is 0.469 bits per heavy atom. The summed E-state index contributed by atoms with van der Waals surface area (Å²) in [6.07, 6.45) is 0. The van der Waals surface area contributed by atoms with Gasteiger partial charge in [0.15, 0.2) is 0 Å². The molecule has 2 atom stereocenters. The van der Waals surface area contributed by atoms with Gasteiger partial charge < -0.3 is 10.2 Å². The third-order valence-corrected chi connectivity index (χ3v) is 6.43. The summed E-state index contributed by atoms with van der Waals surface area (Å²) in [7, 11) is 0. The summed E-state index contributed by atoms with van der Waals surface area (Å²) >= 11 is 6.83. The van der Waals surface area contributed by atoms with E-state index < -0.39 is 11.2 Å². The van der Waals surface area contributed by atoms with Crippen LogP contribution >= 0.6 is 31.9 Å². The predicted molar refractivity (Wildman–Crippen MR) is 139 cm³/mol. The maximum absolute atomic E-state index is 10.6. The van der Waals surface area contributed by atoms with Gasteiger partial charge >= 0.3 is 0 Å². The first-order valence-electron chi connectivity index (χ1n) is 10.3. The first-order chi connectivity index (χ1) is 15.2. The summed E-state index contributed by atoms with van der Waals surface area (Å²) in [6.45, 7) is 3.62. The highest BCUT2D eigenvalue weighted by Crippen LogP contribution is 2.31. The number of halogens is 2. The molecule has 0 aliphatic heterocycles. The SMILES string of the molecule is CC(O)(c1ccccc1)c1cccc(Br)c1.CC(O)(c1ccccc1)c1cccc(Br)c1. The smallest absolute Gasteiger partial charge is 0.112 e. The van der Waals surface area contributed by atoms with Crippen LogP contribution in [-0.2, 0) is 11.2 Å². The van der Waals surface area contributed by atoms with Crippen molar-refractivity contribution in [2.75, 3.05) is 0 Å². The molecule has 4 aromatic rings. The number of rotatable bonds is 4. The summed E-state index contributed by atoms with van der Waals surface area (Å²) in [5, 5.41) is 21.1. The van der Waals surface area contributed by atoms with E-state index in [9.17, 15) is 10.2 Å². The van der Waals surface area contributed by atoms with Crippen LogP contribution in [0.5, 0.6) is 0 Å². The highest BCUT2D eigenvalue weighted by molar-refractivity contribution is 9.10. The van der Waals surface area contributed by atoms with Gasteiger partial charge in [-0.3, -0.25) is 0 Å². The van der Waals surface area contributed by atoms with Crippen LogP contribution in [0.2, 0.25) is 0 Å². The topological polar surface area (TPSA) is 40.5 Å². The van der Waals surface area contributed by atoms with Crippen LogP contribution in [0.15, 0.2) is 118 Å². The molecule has 0 spiro atoms. The molecule has 2 N–H and O–H groups in total. The predicted octanol–water partition coefficient (Wildman–Crippen LogP) is 7.41. The number of benzene rings is 4. The second kappa shape index (κ2) is 10.6. The number of hydrogen-bond acceptors (Lipinski definition) is 2. The van der Waals surface area contributed by atoms with E-state index in [1.54, 1.807) is 0 Å². The molecular weight excluding hydrogens is 528 g/mol. The maximum atomic E-state index is 10.6. The standard InChI is InChI=1S/2C14H13BrO/c2*1-14(16,11-6-3-2-4-7-11)12-8-5-9-13(15)10-12/h2*2-10,16H,1H3. The van der Waals surface area contributed by atoms with Crippen molar-refractivity contribution in [3.63, 3.8) is 0 Å². The number of aliphatic hydroxyl groups is 2. The van der Waals surface area contributed by atoms with Gasteiger partial charge in [-0.05, 0) is 60.4 Å². The van der Waals surface area contributed by atoms with Crippen LogP contribution in [0, 0.1) is 0 Å². The van der Waals surface area contributed by atoms with Crippen LogP contribution < -0.4 is 0 Å². The summed E-state index contributed by atoms with van der Waals surface area (Å²) in [6, 6.07) is 34.8. The van der Waals surface area contributed by atoms with Crippen LogP contribution in [0.4, 0.5) is 0 Å². The zero-order chi connectivity index (χ0) is 23.2. The molecule has 2 unspecified atom stereocenters. The molecule has 4 heteroatoms. The van der Waals surface area contributed by atoms with E-state index in [0.29, 0.717) is 0 Å². The van der Waals surface area contributed by atoms with Gasteiger partial charge in [0.2, 0.25) is 0 Å². The van der Waals surface area contributed by atoms with E-state index in [4.69, 9.17) is 0 Å². The van der Waals surface area contributed by atoms with Crippen molar-refractivity contribution >= 4 is 31.9 Å². The van der Waals surface area contributed by atoms with Gasteiger partial charge in [-0.15, -0.1) is 0 Å². The van der Waals surface area contributed by atoms with Crippen molar-refractivity contribution < 1.29 is 10.2 Å². The molecule has 0 saturated heterocycles. The monoisotopic (exact) mass is 552 g/mol. The Kier molecular flexibility index (Phi) is 8.07. The molecule has 0 aromatic heterocycles. The van der Waals surface area contributed by atoms with Gasteiger partial charge in [-0.1, -0.05) is 117 Å². The van der Waals surface area contributed by atoms with Crippen LogP contribution in [0.1, 0.15) is 36.1 Å². The fourth-order valence-electron chi connectivity index (χ4n) is 3.44. The summed E-state index contributed by atoms with van der Waals surface area (Å²) in [5.41, 5.74) is 1.65. The molecule has 0 radical (unpaired) electrons. The second-order valence-corrected chi connectivity index (χ2v) is 9.73. The lowest BCUT2D eigenvalue weighted by Crippen LogP contribution is -2.22. The molecule has 2 nitrogen and oxygen atoms in total. The third kappa shape index (κ3) is 5.96. The molecule has 32 heavy (non-hydrogen) atoms. The summed E-state index contributed by atoms with van der Waals surface area (Å²) in [4.78, 5) is 0. The van der Waals surface area contributed by atoms with Crippen molar-refractivity contribution in [3.05, 3.63) is 140 Å². The molecule has 4 rings (SSSR count).